The van der Waals surface area contributed by atoms with Gasteiger partial charge in [-0.25, -0.2) is 0 Å². The molecule has 110 valence electrons. The van der Waals surface area contributed by atoms with Gasteiger partial charge in [-0.1, -0.05) is 50.6 Å². The van der Waals surface area contributed by atoms with Crippen LogP contribution in [-0.2, 0) is 4.79 Å². The van der Waals surface area contributed by atoms with Gasteiger partial charge in [-0.3, -0.25) is 4.79 Å². The van der Waals surface area contributed by atoms with E-state index in [1.165, 1.54) is 6.42 Å². The van der Waals surface area contributed by atoms with Gasteiger partial charge >= 0.3 is 0 Å². The molecule has 1 aliphatic heterocycles. The Morgan fingerprint density at radius 3 is 2.45 bits per heavy atom. The SMILES string of the molecule is CCC1CCN(C(=O)C(C)C(N)c2ccccc2)CC1. The van der Waals surface area contributed by atoms with Crippen molar-refractivity contribution in [2.45, 2.75) is 39.2 Å². The van der Waals surface area contributed by atoms with Crippen LogP contribution >= 0.6 is 0 Å². The lowest BCUT2D eigenvalue weighted by Crippen LogP contribution is -2.43. The molecule has 3 heteroatoms. The van der Waals surface area contributed by atoms with Crippen molar-refractivity contribution in [1.82, 2.24) is 4.90 Å². The van der Waals surface area contributed by atoms with Gasteiger partial charge in [0.15, 0.2) is 0 Å². The van der Waals surface area contributed by atoms with Crippen molar-refractivity contribution < 1.29 is 4.79 Å². The quantitative estimate of drug-likeness (QED) is 0.917. The summed E-state index contributed by atoms with van der Waals surface area (Å²) in [5.74, 6) is 0.837. The number of rotatable bonds is 4. The number of carbonyl (C=O) groups is 1. The molecule has 2 rings (SSSR count). The summed E-state index contributed by atoms with van der Waals surface area (Å²) in [6.45, 7) is 5.97. The minimum absolute atomic E-state index is 0.157. The van der Waals surface area contributed by atoms with E-state index in [2.05, 4.69) is 6.92 Å². The summed E-state index contributed by atoms with van der Waals surface area (Å²) < 4.78 is 0. The number of carbonyl (C=O) groups excluding carboxylic acids is 1. The highest BCUT2D eigenvalue weighted by atomic mass is 16.2. The standard InChI is InChI=1S/C17H26N2O/c1-3-14-9-11-19(12-10-14)17(20)13(2)16(18)15-7-5-4-6-8-15/h4-8,13-14,16H,3,9-12,18H2,1-2H3. The second kappa shape index (κ2) is 6.89. The average molecular weight is 274 g/mol. The average Bonchev–Trinajstić information content (AvgIpc) is 2.53. The molecular formula is C17H26N2O. The van der Waals surface area contributed by atoms with Gasteiger partial charge in [0.25, 0.3) is 0 Å². The Labute approximate surface area is 122 Å². The summed E-state index contributed by atoms with van der Waals surface area (Å²) in [6.07, 6.45) is 3.49. The van der Waals surface area contributed by atoms with Crippen molar-refractivity contribution in [2.75, 3.05) is 13.1 Å². The number of nitrogens with zero attached hydrogens (tertiary/aromatic N) is 1. The summed E-state index contributed by atoms with van der Waals surface area (Å²) >= 11 is 0. The van der Waals surface area contributed by atoms with E-state index >= 15 is 0 Å². The second-order valence-electron chi connectivity index (χ2n) is 5.90. The Bertz CT molecular complexity index is 424. The Hall–Kier alpha value is -1.35. The molecule has 2 N–H and O–H groups in total. The Kier molecular flexibility index (Phi) is 5.18. The van der Waals surface area contributed by atoms with Crippen LogP contribution in [0.1, 0.15) is 44.7 Å². The molecule has 1 saturated heterocycles. The van der Waals surface area contributed by atoms with Gasteiger partial charge in [-0.2, -0.15) is 0 Å². The molecule has 1 fully saturated rings. The first kappa shape index (κ1) is 15.0. The molecular weight excluding hydrogens is 248 g/mol. The number of benzene rings is 1. The molecule has 0 bridgehead atoms. The molecule has 1 aromatic rings. The van der Waals surface area contributed by atoms with Gasteiger partial charge in [0, 0.05) is 19.1 Å². The van der Waals surface area contributed by atoms with Gasteiger partial charge in [0.1, 0.15) is 0 Å². The summed E-state index contributed by atoms with van der Waals surface area (Å²) in [6, 6.07) is 9.69. The van der Waals surface area contributed by atoms with Gasteiger partial charge in [-0.05, 0) is 24.3 Å². The molecule has 3 nitrogen and oxygen atoms in total. The van der Waals surface area contributed by atoms with Crippen molar-refractivity contribution in [3.63, 3.8) is 0 Å². The van der Waals surface area contributed by atoms with Crippen LogP contribution in [0.25, 0.3) is 0 Å². The van der Waals surface area contributed by atoms with Crippen LogP contribution in [0.2, 0.25) is 0 Å². The van der Waals surface area contributed by atoms with E-state index in [9.17, 15) is 4.79 Å². The van der Waals surface area contributed by atoms with Crippen molar-refractivity contribution in [3.8, 4) is 0 Å². The molecule has 0 spiro atoms. The van der Waals surface area contributed by atoms with E-state index in [1.54, 1.807) is 0 Å². The van der Waals surface area contributed by atoms with Crippen molar-refractivity contribution in [2.24, 2.45) is 17.6 Å². The zero-order valence-corrected chi connectivity index (χ0v) is 12.6. The first-order valence-corrected chi connectivity index (χ1v) is 7.72. The highest BCUT2D eigenvalue weighted by Gasteiger charge is 2.29. The normalized spacial score (nSPS) is 19.6. The molecule has 0 saturated carbocycles. The van der Waals surface area contributed by atoms with Crippen LogP contribution in [0.4, 0.5) is 0 Å². The molecule has 1 aliphatic rings. The van der Waals surface area contributed by atoms with E-state index < -0.39 is 0 Å². The zero-order chi connectivity index (χ0) is 14.5. The molecule has 2 unspecified atom stereocenters. The minimum atomic E-state index is -0.215. The Balaban J connectivity index is 1.95. The van der Waals surface area contributed by atoms with Gasteiger partial charge in [0.05, 0.1) is 5.92 Å². The van der Waals surface area contributed by atoms with Crippen LogP contribution in [0, 0.1) is 11.8 Å². The molecule has 0 aliphatic carbocycles. The van der Waals surface area contributed by atoms with Crippen molar-refractivity contribution in [3.05, 3.63) is 35.9 Å². The van der Waals surface area contributed by atoms with E-state index in [-0.39, 0.29) is 17.9 Å². The van der Waals surface area contributed by atoms with Gasteiger partial charge in [0.2, 0.25) is 5.91 Å². The lowest BCUT2D eigenvalue weighted by Gasteiger charge is -2.34. The fourth-order valence-electron chi connectivity index (χ4n) is 2.97. The highest BCUT2D eigenvalue weighted by molar-refractivity contribution is 5.79. The van der Waals surface area contributed by atoms with E-state index in [0.29, 0.717) is 0 Å². The fourth-order valence-corrected chi connectivity index (χ4v) is 2.97. The highest BCUT2D eigenvalue weighted by Crippen LogP contribution is 2.25. The van der Waals surface area contributed by atoms with Crippen molar-refractivity contribution in [1.29, 1.82) is 0 Å². The summed E-state index contributed by atoms with van der Waals surface area (Å²) in [4.78, 5) is 14.6. The Morgan fingerprint density at radius 2 is 1.90 bits per heavy atom. The number of hydrogen-bond donors (Lipinski definition) is 1. The van der Waals surface area contributed by atoms with Crippen LogP contribution in [0.5, 0.6) is 0 Å². The molecule has 2 atom stereocenters. The largest absolute Gasteiger partial charge is 0.342 e. The van der Waals surface area contributed by atoms with E-state index in [4.69, 9.17) is 5.73 Å². The van der Waals surface area contributed by atoms with Crippen LogP contribution in [0.3, 0.4) is 0 Å². The number of likely N-dealkylation sites (tertiary alicyclic amines) is 1. The maximum absolute atomic E-state index is 12.6. The predicted molar refractivity (Wildman–Crippen MR) is 82.1 cm³/mol. The summed E-state index contributed by atoms with van der Waals surface area (Å²) in [5, 5.41) is 0. The Morgan fingerprint density at radius 1 is 1.30 bits per heavy atom. The third-order valence-corrected chi connectivity index (χ3v) is 4.62. The summed E-state index contributed by atoms with van der Waals surface area (Å²) in [7, 11) is 0. The predicted octanol–water partition coefficient (Wildman–Crippen LogP) is 2.97. The van der Waals surface area contributed by atoms with Crippen molar-refractivity contribution >= 4 is 5.91 Å². The maximum Gasteiger partial charge on any atom is 0.227 e. The number of hydrogen-bond acceptors (Lipinski definition) is 2. The molecule has 0 radical (unpaired) electrons. The molecule has 1 amide bonds. The first-order valence-electron chi connectivity index (χ1n) is 7.72. The van der Waals surface area contributed by atoms with E-state index in [1.807, 2.05) is 42.2 Å². The van der Waals surface area contributed by atoms with Crippen LogP contribution < -0.4 is 5.73 Å². The van der Waals surface area contributed by atoms with E-state index in [0.717, 1.165) is 37.4 Å². The fraction of sp³-hybridized carbons (Fsp3) is 0.588. The minimum Gasteiger partial charge on any atom is -0.342 e. The van der Waals surface area contributed by atoms with Gasteiger partial charge in [-0.15, -0.1) is 0 Å². The molecule has 20 heavy (non-hydrogen) atoms. The van der Waals surface area contributed by atoms with Crippen LogP contribution in [0.15, 0.2) is 30.3 Å². The third kappa shape index (κ3) is 3.40. The zero-order valence-electron chi connectivity index (χ0n) is 12.6. The maximum atomic E-state index is 12.6. The lowest BCUT2D eigenvalue weighted by molar-refractivity contribution is -0.137. The first-order chi connectivity index (χ1) is 9.63. The number of amides is 1. The number of nitrogens with two attached hydrogens (primary N) is 1. The van der Waals surface area contributed by atoms with Gasteiger partial charge < -0.3 is 10.6 Å². The molecule has 1 aromatic carbocycles. The topological polar surface area (TPSA) is 46.3 Å². The lowest BCUT2D eigenvalue weighted by atomic mass is 9.91. The smallest absolute Gasteiger partial charge is 0.227 e. The monoisotopic (exact) mass is 274 g/mol. The number of piperidine rings is 1. The molecule has 1 heterocycles. The van der Waals surface area contributed by atoms with Crippen LogP contribution in [-0.4, -0.2) is 23.9 Å². The molecule has 0 aromatic heterocycles. The third-order valence-electron chi connectivity index (χ3n) is 4.62. The second-order valence-corrected chi connectivity index (χ2v) is 5.90. The summed E-state index contributed by atoms with van der Waals surface area (Å²) in [5.41, 5.74) is 7.29.